The minimum atomic E-state index is -3.42. The Hall–Kier alpha value is -2.95. The summed E-state index contributed by atoms with van der Waals surface area (Å²) in [7, 11) is -3.42. The molecule has 5 aliphatic rings. The van der Waals surface area contributed by atoms with Crippen molar-refractivity contribution in [2.24, 2.45) is 5.41 Å². The van der Waals surface area contributed by atoms with Gasteiger partial charge in [0.2, 0.25) is 0 Å². The Morgan fingerprint density at radius 3 is 2.50 bits per heavy atom. The molecule has 7 rings (SSSR count). The minimum absolute atomic E-state index is 0. The number of likely N-dealkylation sites (tertiary alicyclic amines) is 1. The highest BCUT2D eigenvalue weighted by Gasteiger charge is 2.47. The van der Waals surface area contributed by atoms with Gasteiger partial charge in [-0.25, -0.2) is 9.37 Å². The van der Waals surface area contributed by atoms with Gasteiger partial charge in [-0.1, -0.05) is 11.6 Å². The summed E-state index contributed by atoms with van der Waals surface area (Å²) in [5.74, 6) is 0.118. The van der Waals surface area contributed by atoms with Gasteiger partial charge in [0, 0.05) is 75.4 Å². The average molecular weight is 734 g/mol. The highest BCUT2D eigenvalue weighted by atomic mass is 35.5. The van der Waals surface area contributed by atoms with Crippen LogP contribution in [0.4, 0.5) is 10.2 Å². The number of benzene rings is 1. The molecule has 1 N–H and O–H groups in total. The number of carbonyl (C=O) groups excluding carboxylic acids is 1. The monoisotopic (exact) mass is 733 g/mol. The molecular weight excluding hydrogens is 685 g/mol. The van der Waals surface area contributed by atoms with Crippen LogP contribution in [-0.2, 0) is 10.2 Å². The first-order chi connectivity index (χ1) is 23.4. The Kier molecular flexibility index (Phi) is 10.7. The van der Waals surface area contributed by atoms with Gasteiger partial charge in [0.15, 0.2) is 5.82 Å². The van der Waals surface area contributed by atoms with E-state index in [4.69, 9.17) is 4.74 Å². The lowest BCUT2D eigenvalue weighted by atomic mass is 9.72. The van der Waals surface area contributed by atoms with Crippen molar-refractivity contribution in [1.29, 1.82) is 0 Å². The molecule has 2 atom stereocenters. The van der Waals surface area contributed by atoms with Gasteiger partial charge in [-0.3, -0.25) is 9.69 Å². The Labute approximate surface area is 300 Å². The molecule has 5 aliphatic heterocycles. The zero-order valence-corrected chi connectivity index (χ0v) is 30.9. The number of aromatic nitrogens is 3. The SMILES string of the molecule is CC(C)N(C(=O)c1cc(F)ccc1Oc1nncnc1N1CC2(CCN(CC3=CCN(S(=O)(=O)N4C[C@@H]5C[C@H]4CN5)CC3)CC2)C1)C(C)C.Cl. The molecule has 1 aromatic carbocycles. The van der Waals surface area contributed by atoms with Crippen LogP contribution in [0.5, 0.6) is 11.6 Å². The molecule has 6 heterocycles. The molecule has 1 amide bonds. The van der Waals surface area contributed by atoms with Gasteiger partial charge < -0.3 is 19.9 Å². The molecule has 0 unspecified atom stereocenters. The third kappa shape index (κ3) is 7.22. The maximum absolute atomic E-state index is 14.4. The van der Waals surface area contributed by atoms with Gasteiger partial charge in [0.1, 0.15) is 17.9 Å². The molecule has 0 aliphatic carbocycles. The van der Waals surface area contributed by atoms with Crippen molar-refractivity contribution < 1.29 is 22.3 Å². The van der Waals surface area contributed by atoms with Crippen LogP contribution in [0, 0.1) is 11.2 Å². The zero-order chi connectivity index (χ0) is 34.5. The van der Waals surface area contributed by atoms with Crippen molar-refractivity contribution in [2.75, 3.05) is 63.8 Å². The quantitative estimate of drug-likeness (QED) is 0.364. The molecule has 2 bridgehead atoms. The number of piperidine rings is 1. The molecule has 1 spiro atoms. The summed E-state index contributed by atoms with van der Waals surface area (Å²) in [6.07, 6.45) is 7.30. The van der Waals surface area contributed by atoms with Crippen molar-refractivity contribution in [3.8, 4) is 11.6 Å². The van der Waals surface area contributed by atoms with Crippen molar-refractivity contribution in [3.63, 3.8) is 0 Å². The number of piperazine rings is 1. The number of rotatable bonds is 10. The maximum atomic E-state index is 14.4. The van der Waals surface area contributed by atoms with Gasteiger partial charge >= 0.3 is 0 Å². The zero-order valence-electron chi connectivity index (χ0n) is 29.3. The molecule has 50 heavy (non-hydrogen) atoms. The topological polar surface area (TPSA) is 127 Å². The van der Waals surface area contributed by atoms with Crippen molar-refractivity contribution in [1.82, 2.24) is 38.9 Å². The van der Waals surface area contributed by atoms with Crippen LogP contribution in [-0.4, -0.2) is 131 Å². The molecule has 1 aromatic heterocycles. The highest BCUT2D eigenvalue weighted by Crippen LogP contribution is 2.44. The number of halogens is 2. The van der Waals surface area contributed by atoms with Gasteiger partial charge in [0.05, 0.1) is 5.56 Å². The Morgan fingerprint density at radius 1 is 1.14 bits per heavy atom. The molecular formula is C34H49ClFN9O4S. The van der Waals surface area contributed by atoms with Crippen LogP contribution in [0.25, 0.3) is 0 Å². The molecule has 4 saturated heterocycles. The predicted octanol–water partition coefficient (Wildman–Crippen LogP) is 3.31. The third-order valence-electron chi connectivity index (χ3n) is 10.9. The summed E-state index contributed by atoms with van der Waals surface area (Å²) in [5, 5.41) is 11.6. The minimum Gasteiger partial charge on any atom is -0.434 e. The molecule has 16 heteroatoms. The Balaban J connectivity index is 0.00000432. The van der Waals surface area contributed by atoms with E-state index in [0.29, 0.717) is 31.5 Å². The number of carbonyl (C=O) groups is 1. The first-order valence-electron chi connectivity index (χ1n) is 17.6. The summed E-state index contributed by atoms with van der Waals surface area (Å²) >= 11 is 0. The van der Waals surface area contributed by atoms with E-state index in [9.17, 15) is 17.6 Å². The summed E-state index contributed by atoms with van der Waals surface area (Å²) in [4.78, 5) is 24.4. The summed E-state index contributed by atoms with van der Waals surface area (Å²) in [6.45, 7) is 14.5. The standard InChI is InChI=1S/C34H48FN9O4S.ClH/c1-23(2)44(24(3)4)33(45)29-15-26(35)5-6-30(29)48-32-31(37-22-38-39-32)41-20-34(21-41)9-13-40(14-10-34)18-25-7-11-42(12-8-25)49(46,47)43-19-27-16-28(43)17-36-27;/h5-7,15,22-24,27-28,36H,8-14,16-21H2,1-4H3;1H/t27-,28-;/m0./s1. The van der Waals surface area contributed by atoms with Crippen LogP contribution in [0.3, 0.4) is 0 Å². The lowest BCUT2D eigenvalue weighted by Gasteiger charge is -2.54. The Bertz CT molecular complexity index is 1690. The van der Waals surface area contributed by atoms with Crippen LogP contribution in [0.1, 0.15) is 63.7 Å². The van der Waals surface area contributed by atoms with Crippen LogP contribution < -0.4 is 15.0 Å². The summed E-state index contributed by atoms with van der Waals surface area (Å²) in [6, 6.07) is 4.17. The number of hydrogen-bond acceptors (Lipinski definition) is 10. The normalized spacial score (nSPS) is 24.0. The number of ether oxygens (including phenoxy) is 1. The first-order valence-corrected chi connectivity index (χ1v) is 19.0. The van der Waals surface area contributed by atoms with Crippen LogP contribution in [0.2, 0.25) is 0 Å². The largest absolute Gasteiger partial charge is 0.434 e. The van der Waals surface area contributed by atoms with Crippen LogP contribution in [0.15, 0.2) is 36.2 Å². The average Bonchev–Trinajstić information content (AvgIpc) is 3.70. The second kappa shape index (κ2) is 14.6. The number of hydrogen-bond donors (Lipinski definition) is 1. The van der Waals surface area contributed by atoms with Gasteiger partial charge in [-0.2, -0.15) is 17.0 Å². The lowest BCUT2D eigenvalue weighted by molar-refractivity contribution is 0.0640. The molecule has 274 valence electrons. The van der Waals surface area contributed by atoms with E-state index in [0.717, 1.165) is 65.0 Å². The smallest absolute Gasteiger partial charge is 0.282 e. The lowest BCUT2D eigenvalue weighted by Crippen LogP contribution is -2.61. The van der Waals surface area contributed by atoms with Gasteiger partial charge in [-0.15, -0.1) is 22.6 Å². The highest BCUT2D eigenvalue weighted by molar-refractivity contribution is 7.86. The predicted molar refractivity (Wildman–Crippen MR) is 190 cm³/mol. The second-order valence-electron chi connectivity index (χ2n) is 14.9. The number of fused-ring (bicyclic) bond motifs is 2. The number of nitrogens with one attached hydrogen (secondary N) is 1. The van der Waals surface area contributed by atoms with E-state index in [-0.39, 0.29) is 59.0 Å². The van der Waals surface area contributed by atoms with E-state index < -0.39 is 16.0 Å². The molecule has 4 fully saturated rings. The van der Waals surface area contributed by atoms with E-state index in [2.05, 4.69) is 36.4 Å². The van der Waals surface area contributed by atoms with E-state index in [1.807, 2.05) is 27.7 Å². The van der Waals surface area contributed by atoms with Crippen LogP contribution >= 0.6 is 12.4 Å². The third-order valence-corrected chi connectivity index (χ3v) is 12.9. The van der Waals surface area contributed by atoms with Gasteiger partial charge in [0.25, 0.3) is 22.0 Å². The maximum Gasteiger partial charge on any atom is 0.282 e. The van der Waals surface area contributed by atoms with E-state index in [1.54, 1.807) is 13.5 Å². The fraction of sp³-hybridized carbons (Fsp3) is 0.647. The Morgan fingerprint density at radius 2 is 1.88 bits per heavy atom. The fourth-order valence-electron chi connectivity index (χ4n) is 8.31. The van der Waals surface area contributed by atoms with Crippen molar-refractivity contribution in [3.05, 3.63) is 47.6 Å². The summed E-state index contributed by atoms with van der Waals surface area (Å²) < 4.78 is 50.5. The number of nitrogens with zero attached hydrogens (tertiary/aromatic N) is 8. The molecule has 13 nitrogen and oxygen atoms in total. The van der Waals surface area contributed by atoms with E-state index in [1.165, 1.54) is 30.1 Å². The fourth-order valence-corrected chi connectivity index (χ4v) is 10.1. The molecule has 0 radical (unpaired) electrons. The molecule has 2 aromatic rings. The number of anilines is 1. The van der Waals surface area contributed by atoms with E-state index >= 15 is 0 Å². The number of amides is 1. The first kappa shape index (κ1) is 36.8. The van der Waals surface area contributed by atoms with Crippen molar-refractivity contribution in [2.45, 2.75) is 77.5 Å². The summed E-state index contributed by atoms with van der Waals surface area (Å²) in [5.41, 5.74) is 1.62. The van der Waals surface area contributed by atoms with Crippen molar-refractivity contribution >= 4 is 34.3 Å². The van der Waals surface area contributed by atoms with Gasteiger partial charge in [-0.05, 0) is 84.7 Å². The second-order valence-corrected chi connectivity index (χ2v) is 16.8. The molecule has 0 saturated carbocycles.